The molecule has 0 fully saturated rings. The number of thiophene rings is 1. The highest BCUT2D eigenvalue weighted by atomic mass is 79.9. The molecule has 1 atom stereocenters. The summed E-state index contributed by atoms with van der Waals surface area (Å²) in [4.78, 5) is 0.353. The predicted octanol–water partition coefficient (Wildman–Crippen LogP) is 2.14. The molecule has 6 heteroatoms. The van der Waals surface area contributed by atoms with Crippen molar-refractivity contribution < 1.29 is 13.9 Å². The fourth-order valence-electron chi connectivity index (χ4n) is 0.798. The van der Waals surface area contributed by atoms with Crippen LogP contribution >= 0.6 is 27.3 Å². The number of rotatable bonds is 3. The molecular formula is C7H8BrF2NOS. The second-order valence-electron chi connectivity index (χ2n) is 2.56. The van der Waals surface area contributed by atoms with E-state index in [0.717, 1.165) is 15.8 Å². The van der Waals surface area contributed by atoms with Gasteiger partial charge in [-0.3, -0.25) is 0 Å². The predicted molar refractivity (Wildman–Crippen MR) is 51.0 cm³/mol. The topological polar surface area (TPSA) is 46.2 Å². The van der Waals surface area contributed by atoms with E-state index in [9.17, 15) is 8.78 Å². The van der Waals surface area contributed by atoms with Gasteiger partial charge in [-0.1, -0.05) is 0 Å². The van der Waals surface area contributed by atoms with Crippen molar-refractivity contribution in [3.63, 3.8) is 0 Å². The van der Waals surface area contributed by atoms with Crippen molar-refractivity contribution in [1.82, 2.24) is 0 Å². The molecule has 3 N–H and O–H groups in total. The van der Waals surface area contributed by atoms with Crippen LogP contribution in [-0.2, 0) is 0 Å². The molecule has 0 saturated carbocycles. The van der Waals surface area contributed by atoms with E-state index < -0.39 is 18.6 Å². The van der Waals surface area contributed by atoms with Gasteiger partial charge in [0.25, 0.3) is 5.92 Å². The molecule has 0 radical (unpaired) electrons. The van der Waals surface area contributed by atoms with Gasteiger partial charge in [-0.15, -0.1) is 11.3 Å². The Balaban J connectivity index is 2.84. The van der Waals surface area contributed by atoms with Crippen molar-refractivity contribution in [2.45, 2.75) is 12.0 Å². The molecule has 0 aliphatic carbocycles. The second-order valence-corrected chi connectivity index (χ2v) is 4.42. The summed E-state index contributed by atoms with van der Waals surface area (Å²) < 4.78 is 26.4. The fraction of sp³-hybridized carbons (Fsp3) is 0.429. The van der Waals surface area contributed by atoms with Crippen LogP contribution in [0.4, 0.5) is 8.78 Å². The molecule has 2 nitrogen and oxygen atoms in total. The molecule has 1 aromatic heterocycles. The lowest BCUT2D eigenvalue weighted by Gasteiger charge is -2.19. The van der Waals surface area contributed by atoms with Crippen molar-refractivity contribution in [2.24, 2.45) is 5.73 Å². The molecule has 0 aromatic carbocycles. The highest BCUT2D eigenvalue weighted by Crippen LogP contribution is 2.33. The number of alkyl halides is 2. The molecule has 13 heavy (non-hydrogen) atoms. The minimum atomic E-state index is -3.26. The molecule has 0 aliphatic heterocycles. The van der Waals surface area contributed by atoms with Crippen molar-refractivity contribution >= 4 is 27.3 Å². The standard InChI is InChI=1S/C7H8BrF2NOS/c8-4-1-5(13-2-4)6(11)7(9,10)3-12/h1-2,6,12H,3,11H2. The minimum absolute atomic E-state index is 0.353. The summed E-state index contributed by atoms with van der Waals surface area (Å²) in [5, 5.41) is 10.1. The van der Waals surface area contributed by atoms with Crippen LogP contribution in [-0.4, -0.2) is 17.6 Å². The van der Waals surface area contributed by atoms with Gasteiger partial charge in [0.2, 0.25) is 0 Å². The van der Waals surface area contributed by atoms with Crippen molar-refractivity contribution in [2.75, 3.05) is 6.61 Å². The van der Waals surface area contributed by atoms with Crippen molar-refractivity contribution in [3.8, 4) is 0 Å². The quantitative estimate of drug-likeness (QED) is 0.885. The highest BCUT2D eigenvalue weighted by Gasteiger charge is 2.38. The number of hydrogen-bond donors (Lipinski definition) is 2. The minimum Gasteiger partial charge on any atom is -0.390 e. The third-order valence-corrected chi connectivity index (χ3v) is 3.34. The number of nitrogens with two attached hydrogens (primary N) is 1. The normalized spacial score (nSPS) is 14.5. The van der Waals surface area contributed by atoms with Crippen molar-refractivity contribution in [3.05, 3.63) is 20.8 Å². The van der Waals surface area contributed by atoms with E-state index in [-0.39, 0.29) is 0 Å². The maximum atomic E-state index is 12.9. The van der Waals surface area contributed by atoms with Gasteiger partial charge in [0, 0.05) is 14.7 Å². The number of aliphatic hydroxyl groups is 1. The monoisotopic (exact) mass is 271 g/mol. The Labute approximate surface area is 86.5 Å². The van der Waals surface area contributed by atoms with Crippen LogP contribution in [0.3, 0.4) is 0 Å². The van der Waals surface area contributed by atoms with Crippen LogP contribution < -0.4 is 5.73 Å². The Morgan fingerprint density at radius 1 is 1.69 bits per heavy atom. The van der Waals surface area contributed by atoms with Crippen molar-refractivity contribution in [1.29, 1.82) is 0 Å². The molecule has 1 rings (SSSR count). The molecule has 74 valence electrons. The van der Waals surface area contributed by atoms with Gasteiger partial charge in [-0.25, -0.2) is 8.78 Å². The van der Waals surface area contributed by atoms with E-state index in [1.165, 1.54) is 6.07 Å². The zero-order chi connectivity index (χ0) is 10.1. The van der Waals surface area contributed by atoms with E-state index in [1.807, 2.05) is 0 Å². The first-order chi connectivity index (χ1) is 5.97. The van der Waals surface area contributed by atoms with E-state index in [4.69, 9.17) is 10.8 Å². The first kappa shape index (κ1) is 11.0. The lowest BCUT2D eigenvalue weighted by atomic mass is 10.1. The van der Waals surface area contributed by atoms with Gasteiger partial charge in [0.05, 0.1) is 0 Å². The lowest BCUT2D eigenvalue weighted by molar-refractivity contribution is -0.0703. The molecule has 1 heterocycles. The van der Waals surface area contributed by atoms with Crippen LogP contribution in [0.1, 0.15) is 10.9 Å². The largest absolute Gasteiger partial charge is 0.390 e. The molecule has 0 amide bonds. The lowest BCUT2D eigenvalue weighted by Crippen LogP contribution is -2.35. The first-order valence-electron chi connectivity index (χ1n) is 3.45. The Hall–Kier alpha value is -0.0400. The summed E-state index contributed by atoms with van der Waals surface area (Å²) in [7, 11) is 0. The molecule has 1 unspecified atom stereocenters. The highest BCUT2D eigenvalue weighted by molar-refractivity contribution is 9.10. The maximum absolute atomic E-state index is 12.9. The zero-order valence-electron chi connectivity index (χ0n) is 6.51. The zero-order valence-corrected chi connectivity index (χ0v) is 8.91. The number of hydrogen-bond acceptors (Lipinski definition) is 3. The number of aliphatic hydroxyl groups excluding tert-OH is 1. The summed E-state index contributed by atoms with van der Waals surface area (Å²) in [6, 6.07) is 0.0904. The Morgan fingerprint density at radius 3 is 2.69 bits per heavy atom. The van der Waals surface area contributed by atoms with Crippen LogP contribution in [0.15, 0.2) is 15.9 Å². The van der Waals surface area contributed by atoms with E-state index in [0.29, 0.717) is 4.88 Å². The van der Waals surface area contributed by atoms with Gasteiger partial charge >= 0.3 is 0 Å². The summed E-state index contributed by atoms with van der Waals surface area (Å²) in [5.74, 6) is -3.26. The second kappa shape index (κ2) is 4.00. The average Bonchev–Trinajstić information content (AvgIpc) is 2.50. The Bertz CT molecular complexity index is 292. The van der Waals surface area contributed by atoms with Gasteiger partial charge in [-0.05, 0) is 22.0 Å². The van der Waals surface area contributed by atoms with Gasteiger partial charge in [0.1, 0.15) is 12.6 Å². The summed E-state index contributed by atoms with van der Waals surface area (Å²) in [5.41, 5.74) is 5.28. The molecule has 1 aromatic rings. The van der Waals surface area contributed by atoms with Gasteiger partial charge in [0.15, 0.2) is 0 Å². The molecular weight excluding hydrogens is 264 g/mol. The molecule has 0 spiro atoms. The fourth-order valence-corrected chi connectivity index (χ4v) is 2.31. The third-order valence-electron chi connectivity index (χ3n) is 1.56. The van der Waals surface area contributed by atoms with E-state index in [1.54, 1.807) is 5.38 Å². The molecule has 0 saturated heterocycles. The Kier molecular flexibility index (Phi) is 3.39. The smallest absolute Gasteiger partial charge is 0.290 e. The Morgan fingerprint density at radius 2 is 2.31 bits per heavy atom. The maximum Gasteiger partial charge on any atom is 0.290 e. The SMILES string of the molecule is NC(c1cc(Br)cs1)C(F)(F)CO. The average molecular weight is 272 g/mol. The van der Waals surface area contributed by atoms with Crippen LogP contribution in [0.5, 0.6) is 0 Å². The van der Waals surface area contributed by atoms with Gasteiger partial charge in [-0.2, -0.15) is 0 Å². The summed E-state index contributed by atoms with van der Waals surface area (Å²) >= 11 is 4.27. The molecule has 0 aliphatic rings. The van der Waals surface area contributed by atoms with Crippen LogP contribution in [0.2, 0.25) is 0 Å². The summed E-state index contributed by atoms with van der Waals surface area (Å²) in [6.07, 6.45) is 0. The number of halogens is 3. The van der Waals surface area contributed by atoms with Crippen LogP contribution in [0, 0.1) is 0 Å². The third kappa shape index (κ3) is 2.46. The van der Waals surface area contributed by atoms with Crippen LogP contribution in [0.25, 0.3) is 0 Å². The van der Waals surface area contributed by atoms with Gasteiger partial charge < -0.3 is 10.8 Å². The molecule has 0 bridgehead atoms. The van der Waals surface area contributed by atoms with E-state index in [2.05, 4.69) is 15.9 Å². The van der Waals surface area contributed by atoms with E-state index >= 15 is 0 Å². The summed E-state index contributed by atoms with van der Waals surface area (Å²) in [6.45, 7) is -1.23. The first-order valence-corrected chi connectivity index (χ1v) is 5.13.